The highest BCUT2D eigenvalue weighted by Crippen LogP contribution is 2.41. The summed E-state index contributed by atoms with van der Waals surface area (Å²) in [6, 6.07) is 3.86. The number of nitrogens with one attached hydrogen (secondary N) is 1. The second-order valence-corrected chi connectivity index (χ2v) is 3.92. The second kappa shape index (κ2) is 7.86. The molecule has 1 atom stereocenters. The summed E-state index contributed by atoms with van der Waals surface area (Å²) in [5, 5.41) is 3.22. The Morgan fingerprint density at radius 1 is 1.05 bits per heavy atom. The molecule has 0 fully saturated rings. The maximum absolute atomic E-state index is 5.48. The molecule has 0 spiro atoms. The van der Waals surface area contributed by atoms with Crippen LogP contribution in [0.2, 0.25) is 0 Å². The number of benzene rings is 1. The van der Waals surface area contributed by atoms with Gasteiger partial charge in [-0.1, -0.05) is 0 Å². The first kappa shape index (κ1) is 15.6. The van der Waals surface area contributed by atoms with Gasteiger partial charge in [-0.3, -0.25) is 0 Å². The van der Waals surface area contributed by atoms with Crippen LogP contribution in [-0.4, -0.2) is 41.6 Å². The minimum Gasteiger partial charge on any atom is -0.493 e. The van der Waals surface area contributed by atoms with Crippen LogP contribution in [0.4, 0.5) is 0 Å². The molecule has 0 amide bonds. The molecule has 1 N–H and O–H groups in total. The van der Waals surface area contributed by atoms with Gasteiger partial charge in [-0.2, -0.15) is 0 Å². The van der Waals surface area contributed by atoms with Gasteiger partial charge < -0.3 is 24.3 Å². The first-order valence-electron chi connectivity index (χ1n) is 6.27. The Bertz CT molecular complexity index is 395. The molecular weight excluding hydrogens is 246 g/mol. The van der Waals surface area contributed by atoms with Crippen molar-refractivity contribution in [2.24, 2.45) is 0 Å². The van der Waals surface area contributed by atoms with Crippen LogP contribution in [-0.2, 0) is 4.74 Å². The molecule has 0 aromatic heterocycles. The summed E-state index contributed by atoms with van der Waals surface area (Å²) in [4.78, 5) is 0. The van der Waals surface area contributed by atoms with Crippen LogP contribution in [0.3, 0.4) is 0 Å². The van der Waals surface area contributed by atoms with Crippen molar-refractivity contribution < 1.29 is 18.9 Å². The zero-order valence-electron chi connectivity index (χ0n) is 12.3. The lowest BCUT2D eigenvalue weighted by Gasteiger charge is -2.21. The Kier molecular flexibility index (Phi) is 6.45. The summed E-state index contributed by atoms with van der Waals surface area (Å²) in [6.07, 6.45) is 0. The van der Waals surface area contributed by atoms with Gasteiger partial charge in [-0.05, 0) is 26.1 Å². The van der Waals surface area contributed by atoms with E-state index in [0.717, 1.165) is 5.56 Å². The van der Waals surface area contributed by atoms with Gasteiger partial charge >= 0.3 is 0 Å². The Morgan fingerprint density at radius 3 is 2.21 bits per heavy atom. The molecule has 1 aromatic rings. The van der Waals surface area contributed by atoms with E-state index in [0.29, 0.717) is 30.5 Å². The van der Waals surface area contributed by atoms with E-state index in [2.05, 4.69) is 5.32 Å². The normalized spacial score (nSPS) is 12.1. The molecule has 0 radical (unpaired) electrons. The first-order chi connectivity index (χ1) is 9.23. The van der Waals surface area contributed by atoms with Gasteiger partial charge in [0.05, 0.1) is 34.0 Å². The van der Waals surface area contributed by atoms with Crippen molar-refractivity contribution in [3.05, 3.63) is 17.7 Å². The largest absolute Gasteiger partial charge is 0.493 e. The predicted molar refractivity (Wildman–Crippen MR) is 74.4 cm³/mol. The molecule has 108 valence electrons. The van der Waals surface area contributed by atoms with Crippen LogP contribution in [0.25, 0.3) is 0 Å². The summed E-state index contributed by atoms with van der Waals surface area (Å²) in [5.41, 5.74) is 0.983. The van der Waals surface area contributed by atoms with Crippen LogP contribution in [0.15, 0.2) is 12.1 Å². The number of methoxy groups -OCH3 is 3. The third-order valence-corrected chi connectivity index (χ3v) is 2.95. The van der Waals surface area contributed by atoms with E-state index < -0.39 is 0 Å². The smallest absolute Gasteiger partial charge is 0.203 e. The summed E-state index contributed by atoms with van der Waals surface area (Å²) in [5.74, 6) is 1.91. The monoisotopic (exact) mass is 269 g/mol. The minimum atomic E-state index is 0.0368. The maximum Gasteiger partial charge on any atom is 0.203 e. The van der Waals surface area contributed by atoms with Crippen LogP contribution >= 0.6 is 0 Å². The molecule has 1 aromatic carbocycles. The van der Waals surface area contributed by atoms with E-state index in [4.69, 9.17) is 18.9 Å². The lowest BCUT2D eigenvalue weighted by Crippen LogP contribution is -2.22. The maximum atomic E-state index is 5.48. The predicted octanol–water partition coefficient (Wildman–Crippen LogP) is 2.01. The van der Waals surface area contributed by atoms with Crippen molar-refractivity contribution in [3.63, 3.8) is 0 Å². The van der Waals surface area contributed by atoms with Crippen molar-refractivity contribution >= 4 is 0 Å². The molecule has 1 rings (SSSR count). The molecule has 0 aliphatic heterocycles. The first-order valence-corrected chi connectivity index (χ1v) is 6.27. The van der Waals surface area contributed by atoms with Crippen LogP contribution in [0.1, 0.15) is 18.5 Å². The van der Waals surface area contributed by atoms with E-state index in [9.17, 15) is 0 Å². The second-order valence-electron chi connectivity index (χ2n) is 3.92. The van der Waals surface area contributed by atoms with Crippen molar-refractivity contribution in [1.29, 1.82) is 0 Å². The van der Waals surface area contributed by atoms with Crippen LogP contribution < -0.4 is 19.5 Å². The highest BCUT2D eigenvalue weighted by Gasteiger charge is 2.21. The summed E-state index contributed by atoms with van der Waals surface area (Å²) >= 11 is 0. The molecular formula is C14H23NO4. The minimum absolute atomic E-state index is 0.0368. The van der Waals surface area contributed by atoms with Gasteiger partial charge in [-0.25, -0.2) is 0 Å². The zero-order valence-corrected chi connectivity index (χ0v) is 12.3. The van der Waals surface area contributed by atoms with Crippen molar-refractivity contribution in [1.82, 2.24) is 5.32 Å². The van der Waals surface area contributed by atoms with E-state index in [1.165, 1.54) is 0 Å². The van der Waals surface area contributed by atoms with Crippen LogP contribution in [0, 0.1) is 0 Å². The number of hydrogen-bond acceptors (Lipinski definition) is 5. The number of hydrogen-bond donors (Lipinski definition) is 1. The van der Waals surface area contributed by atoms with E-state index in [1.54, 1.807) is 21.3 Å². The fraction of sp³-hybridized carbons (Fsp3) is 0.571. The molecule has 1 unspecified atom stereocenters. The zero-order chi connectivity index (χ0) is 14.3. The lowest BCUT2D eigenvalue weighted by molar-refractivity contribution is 0.124. The van der Waals surface area contributed by atoms with Crippen molar-refractivity contribution in [3.8, 4) is 17.2 Å². The number of likely N-dealkylation sites (N-methyl/N-ethyl adjacent to an activating group) is 1. The molecule has 0 heterocycles. The fourth-order valence-corrected chi connectivity index (χ4v) is 1.96. The summed E-state index contributed by atoms with van der Waals surface area (Å²) in [7, 11) is 6.71. The molecule has 0 bridgehead atoms. The quantitative estimate of drug-likeness (QED) is 0.782. The summed E-state index contributed by atoms with van der Waals surface area (Å²) < 4.78 is 21.6. The van der Waals surface area contributed by atoms with E-state index >= 15 is 0 Å². The number of rotatable bonds is 8. The third kappa shape index (κ3) is 3.52. The molecule has 0 saturated heterocycles. The Morgan fingerprint density at radius 2 is 1.74 bits per heavy atom. The fourth-order valence-electron chi connectivity index (χ4n) is 1.96. The van der Waals surface area contributed by atoms with Gasteiger partial charge in [0.1, 0.15) is 0 Å². The average Bonchev–Trinajstić information content (AvgIpc) is 2.46. The van der Waals surface area contributed by atoms with Crippen molar-refractivity contribution in [2.45, 2.75) is 13.0 Å². The Labute approximate surface area is 114 Å². The highest BCUT2D eigenvalue weighted by molar-refractivity contribution is 5.56. The van der Waals surface area contributed by atoms with Gasteiger partial charge in [-0.15, -0.1) is 0 Å². The molecule has 19 heavy (non-hydrogen) atoms. The van der Waals surface area contributed by atoms with Gasteiger partial charge in [0.25, 0.3) is 0 Å². The van der Waals surface area contributed by atoms with E-state index in [-0.39, 0.29) is 6.04 Å². The van der Waals surface area contributed by atoms with Gasteiger partial charge in [0.2, 0.25) is 5.75 Å². The van der Waals surface area contributed by atoms with Gasteiger partial charge in [0.15, 0.2) is 11.5 Å². The Balaban J connectivity index is 3.18. The van der Waals surface area contributed by atoms with E-state index in [1.807, 2.05) is 26.1 Å². The summed E-state index contributed by atoms with van der Waals surface area (Å²) in [6.45, 7) is 3.21. The molecule has 0 aliphatic rings. The van der Waals surface area contributed by atoms with Crippen LogP contribution in [0.5, 0.6) is 17.2 Å². The number of ether oxygens (including phenoxy) is 4. The Hall–Kier alpha value is -1.46. The molecule has 5 nitrogen and oxygen atoms in total. The van der Waals surface area contributed by atoms with Crippen molar-refractivity contribution in [2.75, 3.05) is 41.6 Å². The van der Waals surface area contributed by atoms with Gasteiger partial charge in [0, 0.05) is 12.2 Å². The third-order valence-electron chi connectivity index (χ3n) is 2.95. The molecule has 5 heteroatoms. The lowest BCUT2D eigenvalue weighted by atomic mass is 10.1. The molecule has 0 aliphatic carbocycles. The molecule has 0 saturated carbocycles. The highest BCUT2D eigenvalue weighted by atomic mass is 16.5. The average molecular weight is 269 g/mol. The standard InChI is InChI=1S/C14H23NO4/c1-6-19-9-11(15-2)10-7-8-12(16-3)14(18-5)13(10)17-4/h7-8,11,15H,6,9H2,1-5H3. The topological polar surface area (TPSA) is 49.0 Å². The SMILES string of the molecule is CCOCC(NC)c1ccc(OC)c(OC)c1OC.